The number of fused-ring (bicyclic) bond motifs is 1. The summed E-state index contributed by atoms with van der Waals surface area (Å²) in [4.78, 5) is 12.3. The molecule has 0 unspecified atom stereocenters. The minimum absolute atomic E-state index is 0.00954. The highest BCUT2D eigenvalue weighted by Crippen LogP contribution is 2.48. The van der Waals surface area contributed by atoms with E-state index in [9.17, 15) is 9.90 Å². The van der Waals surface area contributed by atoms with E-state index < -0.39 is 11.5 Å². The summed E-state index contributed by atoms with van der Waals surface area (Å²) in [7, 11) is 0. The van der Waals surface area contributed by atoms with Crippen LogP contribution >= 0.6 is 15.9 Å². The number of aliphatic hydroxyl groups is 1. The first-order valence-corrected chi connectivity index (χ1v) is 8.20. The van der Waals surface area contributed by atoms with Crippen LogP contribution in [0.25, 0.3) is 0 Å². The average molecular weight is 363 g/mol. The second-order valence-electron chi connectivity index (χ2n) is 6.51. The number of rotatable bonds is 2. The summed E-state index contributed by atoms with van der Waals surface area (Å²) in [6.07, 6.45) is 0.399. The van der Waals surface area contributed by atoms with Crippen LogP contribution in [-0.2, 0) is 4.79 Å². The first-order valence-electron chi connectivity index (χ1n) is 7.40. The molecule has 2 aliphatic rings. The van der Waals surface area contributed by atoms with Crippen molar-refractivity contribution < 1.29 is 9.90 Å². The summed E-state index contributed by atoms with van der Waals surface area (Å²) in [6.45, 7) is 5.25. The summed E-state index contributed by atoms with van der Waals surface area (Å²) in [5.74, 6) is -0.563. The SMILES string of the molecule is CC(=O)[C@H]1[C@@H](c2ccc(Br)cc2)[C@@H]2C(C)=NN=C2C[C@]1(C)O. The Hall–Kier alpha value is -1.33. The fourth-order valence-corrected chi connectivity index (χ4v) is 4.20. The fraction of sp³-hybridized carbons (Fsp3) is 0.471. The van der Waals surface area contributed by atoms with Gasteiger partial charge in [0.2, 0.25) is 0 Å². The number of hydrogen-bond donors (Lipinski definition) is 1. The number of benzene rings is 1. The number of carbonyl (C=O) groups excluding carboxylic acids is 1. The highest BCUT2D eigenvalue weighted by molar-refractivity contribution is 9.10. The Morgan fingerprint density at radius 3 is 2.55 bits per heavy atom. The van der Waals surface area contributed by atoms with E-state index in [1.807, 2.05) is 31.2 Å². The van der Waals surface area contributed by atoms with E-state index in [0.29, 0.717) is 6.42 Å². The first-order chi connectivity index (χ1) is 10.3. The summed E-state index contributed by atoms with van der Waals surface area (Å²) < 4.78 is 0.990. The minimum atomic E-state index is -1.10. The topological polar surface area (TPSA) is 62.0 Å². The highest BCUT2D eigenvalue weighted by Gasteiger charge is 2.53. The molecule has 3 rings (SSSR count). The van der Waals surface area contributed by atoms with Crippen LogP contribution in [0.1, 0.15) is 38.7 Å². The summed E-state index contributed by atoms with van der Waals surface area (Å²) in [5.41, 5.74) is 1.74. The molecule has 1 aliphatic carbocycles. The van der Waals surface area contributed by atoms with Crippen molar-refractivity contribution in [2.45, 2.75) is 38.7 Å². The van der Waals surface area contributed by atoms with Crippen molar-refractivity contribution in [1.29, 1.82) is 0 Å². The van der Waals surface area contributed by atoms with Gasteiger partial charge in [-0.3, -0.25) is 4.79 Å². The molecule has 0 saturated heterocycles. The maximum Gasteiger partial charge on any atom is 0.136 e. The van der Waals surface area contributed by atoms with Crippen LogP contribution in [0.5, 0.6) is 0 Å². The van der Waals surface area contributed by atoms with Crippen LogP contribution in [-0.4, -0.2) is 27.9 Å². The second-order valence-corrected chi connectivity index (χ2v) is 7.43. The van der Waals surface area contributed by atoms with Gasteiger partial charge in [0, 0.05) is 28.4 Å². The lowest BCUT2D eigenvalue weighted by Gasteiger charge is -2.45. The zero-order valence-corrected chi connectivity index (χ0v) is 14.5. The van der Waals surface area contributed by atoms with Crippen LogP contribution in [0.2, 0.25) is 0 Å². The van der Waals surface area contributed by atoms with Gasteiger partial charge >= 0.3 is 0 Å². The van der Waals surface area contributed by atoms with Crippen LogP contribution in [0.15, 0.2) is 38.9 Å². The average Bonchev–Trinajstić information content (AvgIpc) is 2.77. The molecule has 1 aliphatic heterocycles. The van der Waals surface area contributed by atoms with E-state index in [0.717, 1.165) is 21.5 Å². The number of nitrogens with zero attached hydrogens (tertiary/aromatic N) is 2. The molecule has 4 atom stereocenters. The molecular formula is C17H19BrN2O2. The van der Waals surface area contributed by atoms with E-state index in [1.165, 1.54) is 0 Å². The Kier molecular flexibility index (Phi) is 3.81. The molecule has 1 aromatic carbocycles. The normalized spacial score (nSPS) is 34.0. The van der Waals surface area contributed by atoms with Gasteiger partial charge in [0.25, 0.3) is 0 Å². The Morgan fingerprint density at radius 1 is 1.32 bits per heavy atom. The molecule has 1 N–H and O–H groups in total. The highest BCUT2D eigenvalue weighted by atomic mass is 79.9. The number of ketones is 1. The molecule has 0 bridgehead atoms. The molecule has 0 aromatic heterocycles. The molecule has 22 heavy (non-hydrogen) atoms. The van der Waals surface area contributed by atoms with Gasteiger partial charge in [-0.1, -0.05) is 28.1 Å². The van der Waals surface area contributed by atoms with E-state index in [4.69, 9.17) is 0 Å². The quantitative estimate of drug-likeness (QED) is 0.876. The van der Waals surface area contributed by atoms with Crippen molar-refractivity contribution >= 4 is 33.1 Å². The van der Waals surface area contributed by atoms with Gasteiger partial charge in [-0.15, -0.1) is 0 Å². The zero-order chi connectivity index (χ0) is 16.1. The standard InChI is InChI=1S/C17H19BrN2O2/c1-9-14-13(20-19-9)8-17(3,22)16(10(2)21)15(14)11-4-6-12(18)7-5-11/h4-7,14-16,22H,8H2,1-3H3/t14-,15+,16+,17+/m1/s1. The van der Waals surface area contributed by atoms with E-state index in [-0.39, 0.29) is 17.6 Å². The Labute approximate surface area is 138 Å². The van der Waals surface area contributed by atoms with Gasteiger partial charge in [-0.2, -0.15) is 10.2 Å². The maximum atomic E-state index is 12.3. The van der Waals surface area contributed by atoms with Gasteiger partial charge in [0.1, 0.15) is 5.78 Å². The van der Waals surface area contributed by atoms with Gasteiger partial charge in [0.15, 0.2) is 0 Å². The Bertz CT molecular complexity index is 676. The number of Topliss-reactive ketones (excluding diaryl/α,β-unsaturated/α-hetero) is 1. The number of halogens is 1. The van der Waals surface area contributed by atoms with Crippen molar-refractivity contribution in [3.63, 3.8) is 0 Å². The molecule has 0 spiro atoms. The van der Waals surface area contributed by atoms with Gasteiger partial charge in [0.05, 0.1) is 17.2 Å². The maximum absolute atomic E-state index is 12.3. The predicted octanol–water partition coefficient (Wildman–Crippen LogP) is 3.34. The molecule has 1 aromatic rings. The first kappa shape index (κ1) is 15.6. The van der Waals surface area contributed by atoms with Crippen molar-refractivity contribution in [2.75, 3.05) is 0 Å². The molecule has 1 heterocycles. The molecule has 1 saturated carbocycles. The van der Waals surface area contributed by atoms with Crippen molar-refractivity contribution in [1.82, 2.24) is 0 Å². The third-order valence-corrected chi connectivity index (χ3v) is 5.29. The molecule has 5 heteroatoms. The molecule has 4 nitrogen and oxygen atoms in total. The third-order valence-electron chi connectivity index (χ3n) is 4.77. The van der Waals surface area contributed by atoms with Crippen LogP contribution < -0.4 is 0 Å². The van der Waals surface area contributed by atoms with Gasteiger partial charge in [-0.05, 0) is 38.5 Å². The monoisotopic (exact) mass is 362 g/mol. The smallest absolute Gasteiger partial charge is 0.136 e. The minimum Gasteiger partial charge on any atom is -0.389 e. The van der Waals surface area contributed by atoms with Crippen LogP contribution in [0, 0.1) is 11.8 Å². The lowest BCUT2D eigenvalue weighted by Crippen LogP contribution is -2.53. The molecule has 0 amide bonds. The van der Waals surface area contributed by atoms with Crippen LogP contribution in [0.4, 0.5) is 0 Å². The molecule has 1 fully saturated rings. The Morgan fingerprint density at radius 2 is 1.95 bits per heavy atom. The second kappa shape index (κ2) is 5.39. The lowest BCUT2D eigenvalue weighted by molar-refractivity contribution is -0.131. The van der Waals surface area contributed by atoms with Crippen molar-refractivity contribution in [3.8, 4) is 0 Å². The summed E-state index contributed by atoms with van der Waals surface area (Å²) >= 11 is 3.44. The summed E-state index contributed by atoms with van der Waals surface area (Å²) in [5, 5.41) is 19.3. The van der Waals surface area contributed by atoms with E-state index in [1.54, 1.807) is 13.8 Å². The lowest BCUT2D eigenvalue weighted by atomic mass is 9.59. The molecule has 116 valence electrons. The zero-order valence-electron chi connectivity index (χ0n) is 12.9. The van der Waals surface area contributed by atoms with E-state index >= 15 is 0 Å². The van der Waals surface area contributed by atoms with Crippen molar-refractivity contribution in [3.05, 3.63) is 34.3 Å². The van der Waals surface area contributed by atoms with Gasteiger partial charge in [-0.25, -0.2) is 0 Å². The molecule has 0 radical (unpaired) electrons. The molecular weight excluding hydrogens is 344 g/mol. The van der Waals surface area contributed by atoms with E-state index in [2.05, 4.69) is 26.1 Å². The van der Waals surface area contributed by atoms with Crippen molar-refractivity contribution in [2.24, 2.45) is 22.0 Å². The third kappa shape index (κ3) is 2.46. The number of hydrogen-bond acceptors (Lipinski definition) is 4. The number of carbonyl (C=O) groups is 1. The summed E-state index contributed by atoms with van der Waals surface area (Å²) in [6, 6.07) is 7.95. The van der Waals surface area contributed by atoms with Gasteiger partial charge < -0.3 is 5.11 Å². The predicted molar refractivity (Wildman–Crippen MR) is 90.3 cm³/mol. The largest absolute Gasteiger partial charge is 0.389 e. The Balaban J connectivity index is 2.14. The fourth-order valence-electron chi connectivity index (χ4n) is 3.94. The van der Waals surface area contributed by atoms with Crippen LogP contribution in [0.3, 0.4) is 0 Å².